The van der Waals surface area contributed by atoms with Crippen LogP contribution in [0, 0.1) is 0 Å². The van der Waals surface area contributed by atoms with Crippen LogP contribution in [0.4, 0.5) is 0 Å². The van der Waals surface area contributed by atoms with E-state index in [4.69, 9.17) is 10.5 Å². The minimum Gasteiger partial charge on any atom is -0.383 e. The van der Waals surface area contributed by atoms with Crippen LogP contribution >= 0.6 is 24.0 Å². The third-order valence-corrected chi connectivity index (χ3v) is 2.47. The summed E-state index contributed by atoms with van der Waals surface area (Å²) in [7, 11) is 3.79. The van der Waals surface area contributed by atoms with Gasteiger partial charge < -0.3 is 20.7 Å². The lowest BCUT2D eigenvalue weighted by Gasteiger charge is -2.16. The van der Waals surface area contributed by atoms with Crippen molar-refractivity contribution in [2.45, 2.75) is 32.7 Å². The molecule has 1 atom stereocenters. The number of ether oxygens (including phenoxy) is 1. The Labute approximate surface area is 129 Å². The Morgan fingerprint density at radius 1 is 1.44 bits per heavy atom. The smallest absolute Gasteiger partial charge is 0.188 e. The van der Waals surface area contributed by atoms with Gasteiger partial charge in [0.25, 0.3) is 0 Å². The zero-order valence-electron chi connectivity index (χ0n) is 12.1. The van der Waals surface area contributed by atoms with Gasteiger partial charge in [-0.3, -0.25) is 4.99 Å². The first-order valence-electron chi connectivity index (χ1n) is 6.34. The molecule has 0 aromatic rings. The molecule has 0 spiro atoms. The summed E-state index contributed by atoms with van der Waals surface area (Å²) in [5.41, 5.74) is 5.76. The highest BCUT2D eigenvalue weighted by atomic mass is 127. The summed E-state index contributed by atoms with van der Waals surface area (Å²) in [5, 5.41) is 3.08. The number of likely N-dealkylation sites (N-methyl/N-ethyl adjacent to an activating group) is 1. The molecule has 0 aromatic carbocycles. The summed E-state index contributed by atoms with van der Waals surface area (Å²) in [4.78, 5) is 6.56. The van der Waals surface area contributed by atoms with E-state index < -0.39 is 0 Å². The van der Waals surface area contributed by atoms with Gasteiger partial charge in [-0.2, -0.15) is 0 Å². The average molecular weight is 372 g/mol. The maximum absolute atomic E-state index is 5.76. The van der Waals surface area contributed by atoms with E-state index in [2.05, 4.69) is 29.2 Å². The number of methoxy groups -OCH3 is 1. The lowest BCUT2D eigenvalue weighted by atomic mass is 10.3. The summed E-state index contributed by atoms with van der Waals surface area (Å²) in [5.74, 6) is 0.499. The summed E-state index contributed by atoms with van der Waals surface area (Å²) in [6.07, 6.45) is 2.46. The molecule has 6 heteroatoms. The molecule has 0 rings (SSSR count). The SMILES string of the molecule is CCCCN(C)CCN=C(N)NC(C)COC.I. The van der Waals surface area contributed by atoms with Crippen molar-refractivity contribution in [3.05, 3.63) is 0 Å². The molecule has 0 aliphatic heterocycles. The van der Waals surface area contributed by atoms with Crippen molar-refractivity contribution >= 4 is 29.9 Å². The fraction of sp³-hybridized carbons (Fsp3) is 0.917. The minimum atomic E-state index is 0. The number of nitrogens with one attached hydrogen (secondary N) is 1. The lowest BCUT2D eigenvalue weighted by Crippen LogP contribution is -2.41. The molecule has 0 heterocycles. The number of rotatable bonds is 9. The molecule has 5 nitrogen and oxygen atoms in total. The second kappa shape index (κ2) is 13.4. The molecule has 0 aliphatic rings. The number of nitrogens with two attached hydrogens (primary N) is 1. The molecule has 0 saturated carbocycles. The normalized spacial score (nSPS) is 13.3. The zero-order valence-corrected chi connectivity index (χ0v) is 14.4. The molecular formula is C12H29IN4O. The largest absolute Gasteiger partial charge is 0.383 e. The molecule has 0 aromatic heterocycles. The van der Waals surface area contributed by atoms with Crippen LogP contribution in [0.1, 0.15) is 26.7 Å². The molecule has 0 bridgehead atoms. The molecule has 110 valence electrons. The van der Waals surface area contributed by atoms with Crippen molar-refractivity contribution < 1.29 is 4.74 Å². The molecule has 0 saturated heterocycles. The fourth-order valence-electron chi connectivity index (χ4n) is 1.47. The van der Waals surface area contributed by atoms with E-state index in [9.17, 15) is 0 Å². The highest BCUT2D eigenvalue weighted by Gasteiger charge is 2.01. The van der Waals surface area contributed by atoms with E-state index in [0.29, 0.717) is 12.6 Å². The Bertz CT molecular complexity index is 214. The molecule has 0 amide bonds. The Morgan fingerprint density at radius 3 is 2.67 bits per heavy atom. The van der Waals surface area contributed by atoms with Crippen molar-refractivity contribution in [1.82, 2.24) is 10.2 Å². The third kappa shape index (κ3) is 12.4. The van der Waals surface area contributed by atoms with Gasteiger partial charge >= 0.3 is 0 Å². The fourth-order valence-corrected chi connectivity index (χ4v) is 1.47. The van der Waals surface area contributed by atoms with Crippen LogP contribution in [0.25, 0.3) is 0 Å². The topological polar surface area (TPSA) is 62.9 Å². The Balaban J connectivity index is 0. The van der Waals surface area contributed by atoms with Gasteiger partial charge in [0.15, 0.2) is 5.96 Å². The van der Waals surface area contributed by atoms with Gasteiger partial charge in [0.1, 0.15) is 0 Å². The summed E-state index contributed by atoms with van der Waals surface area (Å²) >= 11 is 0. The Hall–Kier alpha value is -0.0800. The van der Waals surface area contributed by atoms with Crippen molar-refractivity contribution in [2.75, 3.05) is 40.4 Å². The highest BCUT2D eigenvalue weighted by Crippen LogP contribution is 1.91. The zero-order chi connectivity index (χ0) is 13.1. The van der Waals surface area contributed by atoms with Gasteiger partial charge in [0, 0.05) is 19.7 Å². The first-order chi connectivity index (χ1) is 8.10. The number of hydrogen-bond donors (Lipinski definition) is 2. The molecule has 0 aliphatic carbocycles. The highest BCUT2D eigenvalue weighted by molar-refractivity contribution is 14.0. The van der Waals surface area contributed by atoms with E-state index in [-0.39, 0.29) is 30.0 Å². The molecule has 0 fully saturated rings. The van der Waals surface area contributed by atoms with Gasteiger partial charge in [-0.25, -0.2) is 0 Å². The van der Waals surface area contributed by atoms with Crippen LogP contribution < -0.4 is 11.1 Å². The van der Waals surface area contributed by atoms with Crippen molar-refractivity contribution in [2.24, 2.45) is 10.7 Å². The van der Waals surface area contributed by atoms with Crippen LogP contribution in [-0.4, -0.2) is 57.3 Å². The summed E-state index contributed by atoms with van der Waals surface area (Å²) in [6, 6.07) is 0.196. The standard InChI is InChI=1S/C12H28N4O.HI/c1-5-6-8-16(3)9-7-14-12(13)15-11(2)10-17-4;/h11H,5-10H2,1-4H3,(H3,13,14,15);1H. The van der Waals surface area contributed by atoms with Crippen molar-refractivity contribution in [3.63, 3.8) is 0 Å². The van der Waals surface area contributed by atoms with E-state index in [1.807, 2.05) is 6.92 Å². The predicted molar refractivity (Wildman–Crippen MR) is 88.8 cm³/mol. The molecular weight excluding hydrogens is 343 g/mol. The van der Waals surface area contributed by atoms with Gasteiger partial charge in [0.05, 0.1) is 13.2 Å². The van der Waals surface area contributed by atoms with Gasteiger partial charge in [-0.15, -0.1) is 24.0 Å². The van der Waals surface area contributed by atoms with E-state index >= 15 is 0 Å². The first-order valence-corrected chi connectivity index (χ1v) is 6.34. The number of halogens is 1. The second-order valence-corrected chi connectivity index (χ2v) is 4.42. The lowest BCUT2D eigenvalue weighted by molar-refractivity contribution is 0.179. The van der Waals surface area contributed by atoms with Crippen LogP contribution in [0.5, 0.6) is 0 Å². The first kappa shape index (κ1) is 20.2. The number of hydrogen-bond acceptors (Lipinski definition) is 3. The van der Waals surface area contributed by atoms with E-state index in [1.165, 1.54) is 12.8 Å². The van der Waals surface area contributed by atoms with E-state index in [0.717, 1.165) is 19.6 Å². The summed E-state index contributed by atoms with van der Waals surface area (Å²) < 4.78 is 5.01. The minimum absolute atomic E-state index is 0. The maximum Gasteiger partial charge on any atom is 0.188 e. The van der Waals surface area contributed by atoms with Crippen LogP contribution in [0.15, 0.2) is 4.99 Å². The average Bonchev–Trinajstić information content (AvgIpc) is 2.26. The number of guanidine groups is 1. The maximum atomic E-state index is 5.76. The molecule has 1 unspecified atom stereocenters. The summed E-state index contributed by atoms with van der Waals surface area (Å²) in [6.45, 7) is 7.65. The van der Waals surface area contributed by atoms with Crippen molar-refractivity contribution in [3.8, 4) is 0 Å². The molecule has 3 N–H and O–H groups in total. The second-order valence-electron chi connectivity index (χ2n) is 4.42. The Kier molecular flexibility index (Phi) is 15.0. The van der Waals surface area contributed by atoms with Crippen LogP contribution in [-0.2, 0) is 4.74 Å². The quantitative estimate of drug-likeness (QED) is 0.364. The van der Waals surface area contributed by atoms with Crippen LogP contribution in [0.2, 0.25) is 0 Å². The number of aliphatic imine (C=N–C) groups is 1. The van der Waals surface area contributed by atoms with E-state index in [1.54, 1.807) is 7.11 Å². The predicted octanol–water partition coefficient (Wildman–Crippen LogP) is 1.28. The number of unbranched alkanes of at least 4 members (excludes halogenated alkanes) is 1. The monoisotopic (exact) mass is 372 g/mol. The Morgan fingerprint density at radius 2 is 2.11 bits per heavy atom. The van der Waals surface area contributed by atoms with Gasteiger partial charge in [0.2, 0.25) is 0 Å². The van der Waals surface area contributed by atoms with Crippen LogP contribution in [0.3, 0.4) is 0 Å². The number of nitrogens with zero attached hydrogens (tertiary/aromatic N) is 2. The van der Waals surface area contributed by atoms with Crippen molar-refractivity contribution in [1.29, 1.82) is 0 Å². The van der Waals surface area contributed by atoms with Gasteiger partial charge in [-0.1, -0.05) is 13.3 Å². The third-order valence-electron chi connectivity index (χ3n) is 2.47. The molecule has 0 radical (unpaired) electrons. The molecule has 18 heavy (non-hydrogen) atoms. The van der Waals surface area contributed by atoms with Gasteiger partial charge in [-0.05, 0) is 26.9 Å².